The van der Waals surface area contributed by atoms with Crippen molar-refractivity contribution in [3.8, 4) is 0 Å². The third-order valence-electron chi connectivity index (χ3n) is 3.74. The Balaban J connectivity index is 2.29. The number of hydrogen-bond acceptors (Lipinski definition) is 6. The Morgan fingerprint density at radius 2 is 2.00 bits per heavy atom. The molecular formula is C18H23N3O3S. The minimum atomic E-state index is -0.403. The molecule has 6 nitrogen and oxygen atoms in total. The minimum Gasteiger partial charge on any atom is -0.462 e. The van der Waals surface area contributed by atoms with Gasteiger partial charge >= 0.3 is 5.97 Å². The molecule has 0 bridgehead atoms. The van der Waals surface area contributed by atoms with E-state index in [4.69, 9.17) is 4.74 Å². The molecule has 0 saturated carbocycles. The number of carbonyl (C=O) groups is 2. The summed E-state index contributed by atoms with van der Waals surface area (Å²) in [6.45, 7) is 5.97. The molecule has 1 amide bonds. The van der Waals surface area contributed by atoms with Crippen LogP contribution in [0.1, 0.15) is 45.0 Å². The smallest absolute Gasteiger partial charge is 0.341 e. The molecule has 0 saturated heterocycles. The van der Waals surface area contributed by atoms with Crippen molar-refractivity contribution in [2.24, 2.45) is 0 Å². The second-order valence-electron chi connectivity index (χ2n) is 5.67. The van der Waals surface area contributed by atoms with Crippen molar-refractivity contribution in [1.82, 2.24) is 4.98 Å². The van der Waals surface area contributed by atoms with Crippen LogP contribution in [0, 0.1) is 6.92 Å². The van der Waals surface area contributed by atoms with Gasteiger partial charge in [0.2, 0.25) is 0 Å². The fourth-order valence-electron chi connectivity index (χ4n) is 2.47. The maximum atomic E-state index is 12.5. The number of ether oxygens (including phenoxy) is 1. The number of nitrogens with one attached hydrogen (secondary N) is 1. The number of esters is 1. The van der Waals surface area contributed by atoms with Crippen LogP contribution in [-0.2, 0) is 11.2 Å². The molecule has 0 aromatic carbocycles. The van der Waals surface area contributed by atoms with Gasteiger partial charge in [-0.2, -0.15) is 0 Å². The van der Waals surface area contributed by atoms with Crippen LogP contribution in [-0.4, -0.2) is 37.6 Å². The topological polar surface area (TPSA) is 71.5 Å². The van der Waals surface area contributed by atoms with Crippen LogP contribution < -0.4 is 10.2 Å². The zero-order valence-corrected chi connectivity index (χ0v) is 16.0. The molecule has 134 valence electrons. The van der Waals surface area contributed by atoms with Crippen LogP contribution in [0.4, 0.5) is 10.8 Å². The Bertz CT molecular complexity index is 767. The molecule has 0 atom stereocenters. The van der Waals surface area contributed by atoms with E-state index in [2.05, 4.69) is 10.3 Å². The van der Waals surface area contributed by atoms with Gasteiger partial charge in [0.15, 0.2) is 0 Å². The number of amides is 1. The van der Waals surface area contributed by atoms with Crippen LogP contribution in [0.15, 0.2) is 18.3 Å². The molecule has 2 heterocycles. The second-order valence-corrected chi connectivity index (χ2v) is 6.89. The van der Waals surface area contributed by atoms with Gasteiger partial charge in [0.1, 0.15) is 10.8 Å². The van der Waals surface area contributed by atoms with Crippen molar-refractivity contribution in [3.63, 3.8) is 0 Å². The van der Waals surface area contributed by atoms with Crippen molar-refractivity contribution in [2.45, 2.75) is 27.2 Å². The molecule has 0 fully saturated rings. The Morgan fingerprint density at radius 1 is 1.28 bits per heavy atom. The SMILES string of the molecule is CCOC(=O)c1c(NC(=O)c2ccc(N(C)C)nc2)sc(C)c1CC. The van der Waals surface area contributed by atoms with Crippen LogP contribution >= 0.6 is 11.3 Å². The van der Waals surface area contributed by atoms with Gasteiger partial charge in [0.25, 0.3) is 5.91 Å². The zero-order valence-electron chi connectivity index (χ0n) is 15.2. The van der Waals surface area contributed by atoms with E-state index in [-0.39, 0.29) is 5.91 Å². The molecule has 1 N–H and O–H groups in total. The summed E-state index contributed by atoms with van der Waals surface area (Å²) in [5.74, 6) is 0.0661. The number of hydrogen-bond donors (Lipinski definition) is 1. The maximum absolute atomic E-state index is 12.5. The molecule has 0 aliphatic heterocycles. The number of carbonyl (C=O) groups excluding carboxylic acids is 2. The van der Waals surface area contributed by atoms with Gasteiger partial charge in [0, 0.05) is 25.2 Å². The summed E-state index contributed by atoms with van der Waals surface area (Å²) < 4.78 is 5.15. The number of nitrogens with zero attached hydrogens (tertiary/aromatic N) is 2. The Morgan fingerprint density at radius 3 is 2.52 bits per heavy atom. The number of pyridine rings is 1. The molecule has 25 heavy (non-hydrogen) atoms. The predicted octanol–water partition coefficient (Wildman–Crippen LogP) is 3.51. The van der Waals surface area contributed by atoms with Gasteiger partial charge in [-0.25, -0.2) is 9.78 Å². The highest BCUT2D eigenvalue weighted by molar-refractivity contribution is 7.16. The van der Waals surface area contributed by atoms with E-state index in [0.29, 0.717) is 29.2 Å². The molecule has 2 aromatic rings. The van der Waals surface area contributed by atoms with Gasteiger partial charge in [-0.3, -0.25) is 4.79 Å². The van der Waals surface area contributed by atoms with Crippen molar-refractivity contribution in [3.05, 3.63) is 39.9 Å². The highest BCUT2D eigenvalue weighted by atomic mass is 32.1. The number of aromatic nitrogens is 1. The zero-order chi connectivity index (χ0) is 18.6. The highest BCUT2D eigenvalue weighted by Crippen LogP contribution is 2.34. The van der Waals surface area contributed by atoms with Crippen LogP contribution in [0.2, 0.25) is 0 Å². The average molecular weight is 361 g/mol. The van der Waals surface area contributed by atoms with Crippen LogP contribution in [0.5, 0.6) is 0 Å². The van der Waals surface area contributed by atoms with E-state index < -0.39 is 5.97 Å². The molecule has 2 aromatic heterocycles. The third kappa shape index (κ3) is 4.17. The second kappa shape index (κ2) is 8.11. The predicted molar refractivity (Wildman–Crippen MR) is 101 cm³/mol. The summed E-state index contributed by atoms with van der Waals surface area (Å²) >= 11 is 1.39. The molecule has 0 unspecified atom stereocenters. The lowest BCUT2D eigenvalue weighted by atomic mass is 10.1. The van der Waals surface area contributed by atoms with E-state index in [0.717, 1.165) is 16.3 Å². The van der Waals surface area contributed by atoms with Gasteiger partial charge < -0.3 is 15.0 Å². The van der Waals surface area contributed by atoms with Gasteiger partial charge in [0.05, 0.1) is 17.7 Å². The number of rotatable bonds is 6. The first-order valence-electron chi connectivity index (χ1n) is 8.13. The van der Waals surface area contributed by atoms with Crippen molar-refractivity contribution in [2.75, 3.05) is 30.9 Å². The molecule has 0 aliphatic rings. The van der Waals surface area contributed by atoms with E-state index >= 15 is 0 Å². The maximum Gasteiger partial charge on any atom is 0.341 e. The summed E-state index contributed by atoms with van der Waals surface area (Å²) in [5, 5.41) is 3.36. The summed E-state index contributed by atoms with van der Waals surface area (Å²) in [4.78, 5) is 31.9. The molecule has 0 radical (unpaired) electrons. The van der Waals surface area contributed by atoms with Crippen molar-refractivity contribution >= 4 is 34.0 Å². The lowest BCUT2D eigenvalue weighted by Gasteiger charge is -2.11. The first kappa shape index (κ1) is 18.9. The number of aryl methyl sites for hydroxylation is 1. The highest BCUT2D eigenvalue weighted by Gasteiger charge is 2.23. The van der Waals surface area contributed by atoms with Gasteiger partial charge in [-0.05, 0) is 38.0 Å². The summed E-state index contributed by atoms with van der Waals surface area (Å²) in [7, 11) is 3.77. The Labute approximate surface area is 151 Å². The number of thiophene rings is 1. The summed E-state index contributed by atoms with van der Waals surface area (Å²) in [6.07, 6.45) is 2.22. The molecule has 2 rings (SSSR count). The van der Waals surface area contributed by atoms with Crippen molar-refractivity contribution in [1.29, 1.82) is 0 Å². The Kier molecular flexibility index (Phi) is 6.14. The molecule has 7 heteroatoms. The fourth-order valence-corrected chi connectivity index (χ4v) is 3.60. The van der Waals surface area contributed by atoms with Gasteiger partial charge in [-0.1, -0.05) is 6.92 Å². The first-order valence-corrected chi connectivity index (χ1v) is 8.94. The van der Waals surface area contributed by atoms with E-state index in [1.165, 1.54) is 17.5 Å². The average Bonchev–Trinajstić information content (AvgIpc) is 2.90. The lowest BCUT2D eigenvalue weighted by molar-refractivity contribution is 0.0527. The summed E-state index contributed by atoms with van der Waals surface area (Å²) in [6, 6.07) is 3.49. The molecule has 0 spiro atoms. The third-order valence-corrected chi connectivity index (χ3v) is 4.80. The Hall–Kier alpha value is -2.41. The van der Waals surface area contributed by atoms with E-state index in [1.807, 2.05) is 32.8 Å². The van der Waals surface area contributed by atoms with Crippen LogP contribution in [0.3, 0.4) is 0 Å². The molecule has 0 aliphatic carbocycles. The largest absolute Gasteiger partial charge is 0.462 e. The van der Waals surface area contributed by atoms with Gasteiger partial charge in [-0.15, -0.1) is 11.3 Å². The van der Waals surface area contributed by atoms with Crippen molar-refractivity contribution < 1.29 is 14.3 Å². The van der Waals surface area contributed by atoms with E-state index in [9.17, 15) is 9.59 Å². The minimum absolute atomic E-state index is 0.292. The van der Waals surface area contributed by atoms with E-state index in [1.54, 1.807) is 19.1 Å². The lowest BCUT2D eigenvalue weighted by Crippen LogP contribution is -2.16. The first-order chi connectivity index (χ1) is 11.9. The number of anilines is 2. The fraction of sp³-hybridized carbons (Fsp3) is 0.389. The quantitative estimate of drug-likeness (QED) is 0.797. The standard InChI is InChI=1S/C18H23N3O3S/c1-6-13-11(3)25-17(15(13)18(23)24-7-2)20-16(22)12-8-9-14(19-10-12)21(4)5/h8-10H,6-7H2,1-5H3,(H,20,22). The monoisotopic (exact) mass is 361 g/mol. The van der Waals surface area contributed by atoms with Crippen LogP contribution in [0.25, 0.3) is 0 Å². The summed E-state index contributed by atoms with van der Waals surface area (Å²) in [5.41, 5.74) is 1.81. The molecular weight excluding hydrogens is 338 g/mol. The normalized spacial score (nSPS) is 10.4.